The first-order valence-corrected chi connectivity index (χ1v) is 8.20. The van der Waals surface area contributed by atoms with Crippen LogP contribution in [0, 0.1) is 0 Å². The van der Waals surface area contributed by atoms with E-state index in [0.717, 1.165) is 10.4 Å². The lowest BCUT2D eigenvalue weighted by Crippen LogP contribution is -1.96. The van der Waals surface area contributed by atoms with Gasteiger partial charge in [0.2, 0.25) is 0 Å². The zero-order chi connectivity index (χ0) is 13.9. The summed E-state index contributed by atoms with van der Waals surface area (Å²) in [4.78, 5) is 14.0. The van der Waals surface area contributed by atoms with E-state index in [0.29, 0.717) is 11.3 Å². The molecule has 0 unspecified atom stereocenters. The monoisotopic (exact) mass is 300 g/mol. The highest BCUT2D eigenvalue weighted by molar-refractivity contribution is 7.98. The summed E-state index contributed by atoms with van der Waals surface area (Å²) in [6, 6.07) is 12.0. The third-order valence-corrected chi connectivity index (χ3v) is 4.55. The van der Waals surface area contributed by atoms with Crippen LogP contribution in [0.3, 0.4) is 0 Å². The van der Waals surface area contributed by atoms with Crippen molar-refractivity contribution in [2.45, 2.75) is 4.90 Å². The van der Waals surface area contributed by atoms with E-state index in [-0.39, 0.29) is 5.97 Å². The summed E-state index contributed by atoms with van der Waals surface area (Å²) >= 11 is 3.26. The molecule has 0 radical (unpaired) electrons. The molecule has 100 valence electrons. The van der Waals surface area contributed by atoms with E-state index < -0.39 is 0 Å². The molecule has 1 aliphatic heterocycles. The number of ether oxygens (including phenoxy) is 1. The third kappa shape index (κ3) is 2.71. The quantitative estimate of drug-likeness (QED) is 0.476. The van der Waals surface area contributed by atoms with Crippen molar-refractivity contribution in [1.29, 1.82) is 0 Å². The fraction of sp³-hybridized carbons (Fsp3) is 0.0625. The minimum Gasteiger partial charge on any atom is -0.421 e. The van der Waals surface area contributed by atoms with Gasteiger partial charge in [0.25, 0.3) is 0 Å². The predicted octanol–water partition coefficient (Wildman–Crippen LogP) is 4.45. The minimum atomic E-state index is -0.289. The van der Waals surface area contributed by atoms with Crippen molar-refractivity contribution in [3.8, 4) is 0 Å². The average molecular weight is 300 g/mol. The van der Waals surface area contributed by atoms with E-state index in [4.69, 9.17) is 4.74 Å². The highest BCUT2D eigenvalue weighted by atomic mass is 32.2. The lowest BCUT2D eigenvalue weighted by atomic mass is 10.1. The van der Waals surface area contributed by atoms with E-state index in [1.54, 1.807) is 29.2 Å². The van der Waals surface area contributed by atoms with Crippen LogP contribution in [0.1, 0.15) is 10.4 Å². The summed E-state index contributed by atoms with van der Waals surface area (Å²) in [5, 5.41) is 1.97. The van der Waals surface area contributed by atoms with E-state index in [1.165, 1.54) is 4.90 Å². The number of cyclic esters (lactones) is 1. The molecule has 0 spiro atoms. The molecule has 20 heavy (non-hydrogen) atoms. The number of esters is 1. The summed E-state index contributed by atoms with van der Waals surface area (Å²) in [5.41, 5.74) is 1.59. The van der Waals surface area contributed by atoms with Crippen molar-refractivity contribution in [3.63, 3.8) is 0 Å². The van der Waals surface area contributed by atoms with Gasteiger partial charge in [-0.15, -0.1) is 23.1 Å². The molecule has 2 nitrogen and oxygen atoms in total. The van der Waals surface area contributed by atoms with Crippen LogP contribution in [0.2, 0.25) is 0 Å². The molecule has 3 rings (SSSR count). The molecular weight excluding hydrogens is 288 g/mol. The topological polar surface area (TPSA) is 26.3 Å². The Morgan fingerprint density at radius 1 is 1.20 bits per heavy atom. The van der Waals surface area contributed by atoms with Crippen molar-refractivity contribution in [3.05, 3.63) is 63.9 Å². The zero-order valence-electron chi connectivity index (χ0n) is 10.8. The lowest BCUT2D eigenvalue weighted by molar-refractivity contribution is -0.130. The van der Waals surface area contributed by atoms with Crippen LogP contribution < -0.4 is 0 Å². The van der Waals surface area contributed by atoms with Gasteiger partial charge in [-0.25, -0.2) is 4.79 Å². The van der Waals surface area contributed by atoms with E-state index >= 15 is 0 Å². The fourth-order valence-electron chi connectivity index (χ4n) is 1.91. The van der Waals surface area contributed by atoms with Crippen LogP contribution >= 0.6 is 23.1 Å². The Labute approximate surface area is 125 Å². The van der Waals surface area contributed by atoms with Gasteiger partial charge in [-0.1, -0.05) is 18.2 Å². The van der Waals surface area contributed by atoms with Crippen molar-refractivity contribution in [2.24, 2.45) is 0 Å². The number of hydrogen-bond acceptors (Lipinski definition) is 4. The van der Waals surface area contributed by atoms with Crippen LogP contribution in [0.5, 0.6) is 0 Å². The number of benzene rings is 1. The molecule has 0 fully saturated rings. The molecule has 0 N–H and O–H groups in total. The van der Waals surface area contributed by atoms with E-state index in [2.05, 4.69) is 0 Å². The maximum atomic E-state index is 11.9. The molecule has 0 bridgehead atoms. The first-order valence-electron chi connectivity index (χ1n) is 6.10. The average Bonchev–Trinajstić information content (AvgIpc) is 3.10. The number of rotatable bonds is 3. The van der Waals surface area contributed by atoms with Gasteiger partial charge in [-0.05, 0) is 47.6 Å². The molecule has 1 aromatic heterocycles. The van der Waals surface area contributed by atoms with Crippen LogP contribution in [0.4, 0.5) is 0 Å². The Bertz CT molecular complexity index is 680. The van der Waals surface area contributed by atoms with Crippen LogP contribution in [-0.2, 0) is 9.53 Å². The molecule has 1 aliphatic rings. The fourth-order valence-corrected chi connectivity index (χ4v) is 2.99. The molecule has 2 heterocycles. The summed E-state index contributed by atoms with van der Waals surface area (Å²) in [6.07, 6.45) is 5.70. The molecule has 0 saturated carbocycles. The Kier molecular flexibility index (Phi) is 3.76. The molecule has 0 aliphatic carbocycles. The highest BCUT2D eigenvalue weighted by Crippen LogP contribution is 2.30. The number of carbonyl (C=O) groups is 1. The standard InChI is InChI=1S/C16H12O2S2/c1-19-13-6-4-11(5-7-13)9-12-10-14(18-16(12)17)15-3-2-8-20-15/h2-10H,1H3. The van der Waals surface area contributed by atoms with Gasteiger partial charge in [0.05, 0.1) is 10.5 Å². The van der Waals surface area contributed by atoms with Crippen LogP contribution in [0.25, 0.3) is 11.8 Å². The first-order chi connectivity index (χ1) is 9.76. The lowest BCUT2D eigenvalue weighted by Gasteiger charge is -1.98. The number of thioether (sulfide) groups is 1. The summed E-state index contributed by atoms with van der Waals surface area (Å²) in [5.74, 6) is 0.347. The third-order valence-electron chi connectivity index (χ3n) is 2.93. The van der Waals surface area contributed by atoms with Gasteiger partial charge in [-0.2, -0.15) is 0 Å². The Morgan fingerprint density at radius 3 is 2.65 bits per heavy atom. The first kappa shape index (κ1) is 13.2. The van der Waals surface area contributed by atoms with Crippen LogP contribution in [0.15, 0.2) is 58.3 Å². The zero-order valence-corrected chi connectivity index (χ0v) is 12.5. The van der Waals surface area contributed by atoms with Crippen molar-refractivity contribution in [2.75, 3.05) is 6.26 Å². The largest absolute Gasteiger partial charge is 0.421 e. The smallest absolute Gasteiger partial charge is 0.343 e. The molecule has 4 heteroatoms. The van der Waals surface area contributed by atoms with Gasteiger partial charge in [0.15, 0.2) is 0 Å². The summed E-state index contributed by atoms with van der Waals surface area (Å²) in [6.45, 7) is 0. The van der Waals surface area contributed by atoms with Crippen molar-refractivity contribution >= 4 is 40.9 Å². The second-order valence-corrected chi connectivity index (χ2v) is 6.08. The van der Waals surface area contributed by atoms with Crippen molar-refractivity contribution in [1.82, 2.24) is 0 Å². The highest BCUT2D eigenvalue weighted by Gasteiger charge is 2.22. The number of thiophene rings is 1. The molecule has 0 atom stereocenters. The predicted molar refractivity (Wildman–Crippen MR) is 84.6 cm³/mol. The Morgan fingerprint density at radius 2 is 2.00 bits per heavy atom. The number of carbonyl (C=O) groups excluding carboxylic acids is 1. The molecule has 1 aromatic carbocycles. The van der Waals surface area contributed by atoms with Gasteiger partial charge < -0.3 is 4.74 Å². The maximum Gasteiger partial charge on any atom is 0.343 e. The second-order valence-electron chi connectivity index (χ2n) is 4.25. The maximum absolute atomic E-state index is 11.9. The SMILES string of the molecule is CSc1ccc(C=C2C=C(c3cccs3)OC2=O)cc1. The number of hydrogen-bond donors (Lipinski definition) is 0. The van der Waals surface area contributed by atoms with Gasteiger partial charge in [-0.3, -0.25) is 0 Å². The Hall–Kier alpha value is -1.78. The minimum absolute atomic E-state index is 0.289. The summed E-state index contributed by atoms with van der Waals surface area (Å²) in [7, 11) is 0. The van der Waals surface area contributed by atoms with Gasteiger partial charge >= 0.3 is 5.97 Å². The van der Waals surface area contributed by atoms with Crippen molar-refractivity contribution < 1.29 is 9.53 Å². The Balaban J connectivity index is 1.88. The van der Waals surface area contributed by atoms with Crippen LogP contribution in [-0.4, -0.2) is 12.2 Å². The molecule has 2 aromatic rings. The molecular formula is C16H12O2S2. The van der Waals surface area contributed by atoms with E-state index in [9.17, 15) is 4.79 Å². The summed E-state index contributed by atoms with van der Waals surface area (Å²) < 4.78 is 5.30. The molecule has 0 amide bonds. The van der Waals surface area contributed by atoms with E-state index in [1.807, 2.05) is 54.1 Å². The van der Waals surface area contributed by atoms with Gasteiger partial charge in [0.1, 0.15) is 5.76 Å². The van der Waals surface area contributed by atoms with Gasteiger partial charge in [0, 0.05) is 4.90 Å². The molecule has 0 saturated heterocycles. The normalized spacial score (nSPS) is 16.4. The second kappa shape index (κ2) is 5.69.